The maximum atomic E-state index is 6.02. The van der Waals surface area contributed by atoms with E-state index in [1.54, 1.807) is 7.11 Å². The first kappa shape index (κ1) is 18.7. The summed E-state index contributed by atoms with van der Waals surface area (Å²) in [6.45, 7) is 15.9. The molecule has 1 heterocycles. The van der Waals surface area contributed by atoms with Gasteiger partial charge in [-0.2, -0.15) is 0 Å². The Hall–Kier alpha value is -0.358. The summed E-state index contributed by atoms with van der Waals surface area (Å²) < 4.78 is 17.3. The second-order valence-corrected chi connectivity index (χ2v) is 12.9. The molecular weight excluding hydrogens is 279 g/mol. The van der Waals surface area contributed by atoms with E-state index in [0.717, 1.165) is 6.42 Å². The van der Waals surface area contributed by atoms with Crippen molar-refractivity contribution in [3.8, 4) is 0 Å². The number of rotatable bonds is 6. The molecule has 1 aliphatic heterocycles. The lowest BCUT2D eigenvalue weighted by Gasteiger charge is -2.32. The number of hydrogen-bond acceptors (Lipinski definition) is 3. The van der Waals surface area contributed by atoms with Crippen molar-refractivity contribution in [2.75, 3.05) is 13.7 Å². The van der Waals surface area contributed by atoms with Crippen molar-refractivity contribution >= 4 is 15.2 Å². The van der Waals surface area contributed by atoms with Crippen LogP contribution in [-0.2, 0) is 14.0 Å². The zero-order valence-electron chi connectivity index (χ0n) is 14.9. The lowest BCUT2D eigenvalue weighted by molar-refractivity contribution is 0.00578. The molecule has 5 heteroatoms. The van der Waals surface area contributed by atoms with Crippen LogP contribution in [0.2, 0.25) is 19.6 Å². The highest BCUT2D eigenvalue weighted by atomic mass is 28.3. The fourth-order valence-electron chi connectivity index (χ4n) is 2.07. The quantitative estimate of drug-likeness (QED) is 0.694. The van der Waals surface area contributed by atoms with Crippen LogP contribution in [0.25, 0.3) is 0 Å². The Kier molecular flexibility index (Phi) is 6.07. The van der Waals surface area contributed by atoms with Crippen LogP contribution in [0.1, 0.15) is 34.1 Å². The van der Waals surface area contributed by atoms with Gasteiger partial charge in [0.15, 0.2) is 0 Å². The van der Waals surface area contributed by atoms with E-state index in [-0.39, 0.29) is 18.3 Å². The minimum absolute atomic E-state index is 0.291. The molecule has 0 radical (unpaired) electrons. The molecule has 1 saturated heterocycles. The van der Waals surface area contributed by atoms with Gasteiger partial charge >= 0.3 is 7.12 Å². The highest BCUT2D eigenvalue weighted by Crippen LogP contribution is 2.37. The minimum Gasteiger partial charge on any atom is -0.400 e. The Morgan fingerprint density at radius 3 is 2.05 bits per heavy atom. The van der Waals surface area contributed by atoms with E-state index in [0.29, 0.717) is 6.61 Å². The zero-order chi connectivity index (χ0) is 16.3. The summed E-state index contributed by atoms with van der Waals surface area (Å²) in [7, 11) is 0.283. The van der Waals surface area contributed by atoms with Gasteiger partial charge in [0.05, 0.1) is 25.9 Å². The van der Waals surface area contributed by atoms with Crippen molar-refractivity contribution in [1.82, 2.24) is 0 Å². The van der Waals surface area contributed by atoms with E-state index in [2.05, 4.69) is 65.1 Å². The van der Waals surface area contributed by atoms with Crippen LogP contribution in [-0.4, -0.2) is 40.1 Å². The molecule has 0 aromatic rings. The Labute approximate surface area is 131 Å². The first-order valence-electron chi connectivity index (χ1n) is 7.69. The molecule has 3 nitrogen and oxygen atoms in total. The second kappa shape index (κ2) is 6.82. The van der Waals surface area contributed by atoms with Gasteiger partial charge in [-0.15, -0.1) is 0 Å². The van der Waals surface area contributed by atoms with Crippen molar-refractivity contribution in [1.29, 1.82) is 0 Å². The maximum absolute atomic E-state index is 6.02. The monoisotopic (exact) mass is 310 g/mol. The molecule has 0 spiro atoms. The van der Waals surface area contributed by atoms with Gasteiger partial charge in [-0.1, -0.05) is 37.4 Å². The van der Waals surface area contributed by atoms with Gasteiger partial charge in [0.25, 0.3) is 0 Å². The van der Waals surface area contributed by atoms with Crippen LogP contribution < -0.4 is 0 Å². The third kappa shape index (κ3) is 5.74. The van der Waals surface area contributed by atoms with Crippen LogP contribution in [0.4, 0.5) is 0 Å². The predicted octanol–water partition coefficient (Wildman–Crippen LogP) is 4.01. The number of allylic oxidation sites excluding steroid dienone is 1. The lowest BCUT2D eigenvalue weighted by atomic mass is 9.86. The standard InChI is InChI=1S/C16H31BO3Si/c1-15(2)16(3,4)20-17(19-15)12-14(13-18-5)10-9-11-21(6,7)8/h9,11-12H,10,13H2,1-8H3/b11-9+,14-12-. The first-order valence-corrected chi connectivity index (χ1v) is 11.3. The van der Waals surface area contributed by atoms with Gasteiger partial charge in [0.1, 0.15) is 0 Å². The second-order valence-electron chi connectivity index (χ2n) is 7.86. The van der Waals surface area contributed by atoms with Crippen LogP contribution in [0, 0.1) is 0 Å². The first-order chi connectivity index (χ1) is 9.47. The summed E-state index contributed by atoms with van der Waals surface area (Å²) in [5.41, 5.74) is 2.98. The molecule has 1 rings (SSSR count). The third-order valence-corrected chi connectivity index (χ3v) is 5.21. The zero-order valence-corrected chi connectivity index (χ0v) is 15.9. The Balaban J connectivity index is 2.75. The molecule has 1 aliphatic rings. The summed E-state index contributed by atoms with van der Waals surface area (Å²) in [6.07, 6.45) is 3.14. The molecule has 0 aromatic heterocycles. The smallest absolute Gasteiger partial charge is 0.400 e. The molecule has 0 atom stereocenters. The molecule has 0 aromatic carbocycles. The highest BCUT2D eigenvalue weighted by Gasteiger charge is 2.50. The van der Waals surface area contributed by atoms with Crippen molar-refractivity contribution in [2.24, 2.45) is 0 Å². The molecule has 0 bridgehead atoms. The summed E-state index contributed by atoms with van der Waals surface area (Å²) in [5, 5.41) is 0. The van der Waals surface area contributed by atoms with Gasteiger partial charge < -0.3 is 14.0 Å². The van der Waals surface area contributed by atoms with Gasteiger partial charge in [-0.25, -0.2) is 0 Å². The predicted molar refractivity (Wildman–Crippen MR) is 93.1 cm³/mol. The fraction of sp³-hybridized carbons (Fsp3) is 0.750. The minimum atomic E-state index is -1.15. The lowest BCUT2D eigenvalue weighted by Crippen LogP contribution is -2.41. The maximum Gasteiger partial charge on any atom is 0.487 e. The topological polar surface area (TPSA) is 27.7 Å². The number of ether oxygens (including phenoxy) is 1. The van der Waals surface area contributed by atoms with Crippen molar-refractivity contribution in [2.45, 2.75) is 65.0 Å². The van der Waals surface area contributed by atoms with Gasteiger partial charge in [0, 0.05) is 7.11 Å². The van der Waals surface area contributed by atoms with E-state index in [1.165, 1.54) is 5.57 Å². The van der Waals surface area contributed by atoms with E-state index in [4.69, 9.17) is 14.0 Å². The fourth-order valence-corrected chi connectivity index (χ4v) is 2.90. The summed E-state index contributed by atoms with van der Waals surface area (Å²) in [5.74, 6) is 2.06. The van der Waals surface area contributed by atoms with E-state index >= 15 is 0 Å². The summed E-state index contributed by atoms with van der Waals surface area (Å²) in [4.78, 5) is 0. The number of methoxy groups -OCH3 is 1. The van der Waals surface area contributed by atoms with Crippen LogP contribution in [0.5, 0.6) is 0 Å². The van der Waals surface area contributed by atoms with Gasteiger partial charge in [-0.05, 0) is 39.7 Å². The Morgan fingerprint density at radius 1 is 1.10 bits per heavy atom. The molecule has 0 unspecified atom stereocenters. The number of hydrogen-bond donors (Lipinski definition) is 0. The molecule has 0 N–H and O–H groups in total. The molecule has 0 saturated carbocycles. The van der Waals surface area contributed by atoms with Crippen molar-refractivity contribution < 1.29 is 14.0 Å². The van der Waals surface area contributed by atoms with Gasteiger partial charge in [0.2, 0.25) is 0 Å². The molecule has 0 amide bonds. The molecule has 0 aliphatic carbocycles. The SMILES string of the molecule is COC/C(=C\B1OC(C)(C)C(C)(C)O1)C/C=C/[Si](C)(C)C. The van der Waals surface area contributed by atoms with Gasteiger partial charge in [-0.3, -0.25) is 0 Å². The normalized spacial score (nSPS) is 22.3. The van der Waals surface area contributed by atoms with Crippen LogP contribution >= 0.6 is 0 Å². The van der Waals surface area contributed by atoms with E-state index in [9.17, 15) is 0 Å². The van der Waals surface area contributed by atoms with E-state index < -0.39 is 8.07 Å². The average molecular weight is 310 g/mol. The molecule has 1 fully saturated rings. The highest BCUT2D eigenvalue weighted by molar-refractivity contribution is 6.80. The van der Waals surface area contributed by atoms with Crippen molar-refractivity contribution in [3.63, 3.8) is 0 Å². The average Bonchev–Trinajstić information content (AvgIpc) is 2.45. The molecule has 21 heavy (non-hydrogen) atoms. The largest absolute Gasteiger partial charge is 0.487 e. The van der Waals surface area contributed by atoms with E-state index in [1.807, 2.05) is 0 Å². The third-order valence-electron chi connectivity index (χ3n) is 3.97. The summed E-state index contributed by atoms with van der Waals surface area (Å²) in [6, 6.07) is 0. The Morgan fingerprint density at radius 2 is 1.62 bits per heavy atom. The van der Waals surface area contributed by atoms with Crippen LogP contribution in [0.15, 0.2) is 23.3 Å². The molecule has 120 valence electrons. The van der Waals surface area contributed by atoms with Crippen molar-refractivity contribution in [3.05, 3.63) is 23.3 Å². The molecular formula is C16H31BO3Si. The summed E-state index contributed by atoms with van der Waals surface area (Å²) >= 11 is 0. The Bertz CT molecular complexity index is 392. The van der Waals surface area contributed by atoms with Crippen LogP contribution in [0.3, 0.4) is 0 Å².